The average molecular weight is 1520 g/mol. The van der Waals surface area contributed by atoms with Crippen molar-refractivity contribution in [3.05, 3.63) is 327 Å². The van der Waals surface area contributed by atoms with Crippen molar-refractivity contribution in [2.75, 3.05) is 0 Å². The van der Waals surface area contributed by atoms with Crippen LogP contribution in [-0.4, -0.2) is 49.8 Å². The van der Waals surface area contributed by atoms with E-state index < -0.39 is 0 Å². The molecule has 24 rings (SSSR count). The first-order valence-electron chi connectivity index (χ1n) is 38.5. The molecule has 0 saturated carbocycles. The molecule has 0 atom stereocenters. The minimum Gasteiger partial charge on any atom is -0.456 e. The van der Waals surface area contributed by atoms with E-state index in [1.165, 1.54) is 22.3 Å². The van der Waals surface area contributed by atoms with E-state index in [0.29, 0.717) is 80.1 Å². The molecule has 0 spiro atoms. The molecule has 0 radical (unpaired) electrons. The van der Waals surface area contributed by atoms with Crippen LogP contribution in [0, 0.1) is 0 Å². The monoisotopic (exact) mass is 1520 g/mol. The molecule has 0 saturated heterocycles. The standard InChI is InChI=1S/C101H58N10O3S2/c1-101(2)75-37-19-15-32-64(75)65-45-44-61(51-76(65)101)97-102-86(91-88(104-97)69-34-17-21-40-82(69)115-91)59-43-47-68-80(53-59)113-81-54-63(49-73(85(68)81)99-110-95(57-28-11-5-12-29-57)107-96(111-99)58-30-13-6-14-31-58)62-48-72-66-33-16-20-38-77(66)114-90(72)74(50-62)100-103-87(92-89(105-100)70-35-18-22-41-83(70)116-92)60-42-46-67-79(52-60)112-78-39-23-36-71(84(67)78)98-108-93(55-24-7-3-8-25-55)106-94(109-98)56-26-9-4-10-27-56/h3-54H,1-2H3. The number of hydrogen-bond donors (Lipinski definition) is 0. The summed E-state index contributed by atoms with van der Waals surface area (Å²) >= 11 is 3.38. The zero-order valence-corrected chi connectivity index (χ0v) is 63.7. The summed E-state index contributed by atoms with van der Waals surface area (Å²) in [5.41, 5.74) is 22.3. The van der Waals surface area contributed by atoms with Gasteiger partial charge in [-0.2, -0.15) is 0 Å². The van der Waals surface area contributed by atoms with Gasteiger partial charge in [0.25, 0.3) is 0 Å². The highest BCUT2D eigenvalue weighted by atomic mass is 32.1. The number of furan rings is 3. The van der Waals surface area contributed by atoms with E-state index >= 15 is 0 Å². The number of benzene rings is 14. The molecule has 23 aromatic rings. The molecule has 0 fully saturated rings. The summed E-state index contributed by atoms with van der Waals surface area (Å²) in [4.78, 5) is 53.9. The van der Waals surface area contributed by atoms with Crippen LogP contribution in [0.15, 0.2) is 329 Å². The third-order valence-electron chi connectivity index (χ3n) is 22.8. The number of para-hydroxylation sites is 1. The SMILES string of the molecule is CC1(C)c2ccccc2-c2ccc(-c3nc(-c4ccc5c(c4)oc4cc(-c6cc(-c7nc(-c8ccc9c(c8)oc8cccc(-c%10nc(-c%11ccccc%11)nc(-c%11ccccc%11)n%10)c89)c8sc9ccccc9c8n7)c7oc8ccccc8c7c6)cc(-c6nc(-c7ccccc7)nc(-c7ccccc7)n6)c45)c4sc5ccccc5c4n3)cc21. The highest BCUT2D eigenvalue weighted by molar-refractivity contribution is 7.26. The second kappa shape index (κ2) is 25.6. The molecule has 1 aliphatic rings. The molecule has 14 aromatic carbocycles. The molecular formula is C101H58N10O3S2. The molecule has 0 amide bonds. The highest BCUT2D eigenvalue weighted by Gasteiger charge is 2.36. The predicted octanol–water partition coefficient (Wildman–Crippen LogP) is 26.7. The Morgan fingerprint density at radius 1 is 0.233 bits per heavy atom. The first-order valence-corrected chi connectivity index (χ1v) is 40.1. The number of hydrogen-bond acceptors (Lipinski definition) is 15. The smallest absolute Gasteiger partial charge is 0.164 e. The first-order chi connectivity index (χ1) is 57.2. The van der Waals surface area contributed by atoms with Gasteiger partial charge in [0.05, 0.1) is 37.4 Å². The number of rotatable bonds is 11. The summed E-state index contributed by atoms with van der Waals surface area (Å²) in [6.45, 7) is 4.62. The largest absolute Gasteiger partial charge is 0.456 e. The molecule has 0 unspecified atom stereocenters. The van der Waals surface area contributed by atoms with Gasteiger partial charge in [0, 0.05) is 108 Å². The van der Waals surface area contributed by atoms with Crippen molar-refractivity contribution in [2.45, 2.75) is 19.3 Å². The molecule has 13 nitrogen and oxygen atoms in total. The van der Waals surface area contributed by atoms with Crippen LogP contribution in [0.5, 0.6) is 0 Å². The average Bonchev–Trinajstić information content (AvgIpc) is 1.56. The van der Waals surface area contributed by atoms with Crippen molar-refractivity contribution in [1.82, 2.24) is 49.8 Å². The van der Waals surface area contributed by atoms with Crippen molar-refractivity contribution in [3.8, 4) is 136 Å². The number of aromatic nitrogens is 10. The normalized spacial score (nSPS) is 12.6. The fraction of sp³-hybridized carbons (Fsp3) is 0.0297. The fourth-order valence-corrected chi connectivity index (χ4v) is 19.5. The third-order valence-corrected chi connectivity index (χ3v) is 25.2. The van der Waals surface area contributed by atoms with Gasteiger partial charge in [-0.3, -0.25) is 0 Å². The van der Waals surface area contributed by atoms with Crippen LogP contribution in [0.2, 0.25) is 0 Å². The molecule has 0 N–H and O–H groups in total. The maximum Gasteiger partial charge on any atom is 0.164 e. The Morgan fingerprint density at radius 3 is 1.26 bits per heavy atom. The van der Waals surface area contributed by atoms with Gasteiger partial charge in [-0.1, -0.05) is 250 Å². The van der Waals surface area contributed by atoms with E-state index in [-0.39, 0.29) is 5.41 Å². The van der Waals surface area contributed by atoms with Crippen molar-refractivity contribution in [1.29, 1.82) is 0 Å². The Balaban J connectivity index is 0.704. The molecule has 0 bridgehead atoms. The molecular weight excluding hydrogens is 1470 g/mol. The Kier molecular flexibility index (Phi) is 14.5. The maximum absolute atomic E-state index is 7.41. The Hall–Kier alpha value is -14.9. The van der Waals surface area contributed by atoms with Crippen molar-refractivity contribution in [3.63, 3.8) is 0 Å². The van der Waals surface area contributed by atoms with Crippen LogP contribution >= 0.6 is 22.7 Å². The lowest BCUT2D eigenvalue weighted by Gasteiger charge is -2.21. The molecule has 116 heavy (non-hydrogen) atoms. The van der Waals surface area contributed by atoms with E-state index in [2.05, 4.69) is 184 Å². The van der Waals surface area contributed by atoms with Gasteiger partial charge in [-0.15, -0.1) is 22.7 Å². The minimum atomic E-state index is -0.218. The van der Waals surface area contributed by atoms with Crippen molar-refractivity contribution >= 4 is 129 Å². The molecule has 15 heteroatoms. The van der Waals surface area contributed by atoms with Gasteiger partial charge >= 0.3 is 0 Å². The van der Waals surface area contributed by atoms with E-state index in [9.17, 15) is 0 Å². The number of thiophene rings is 2. The van der Waals surface area contributed by atoms with Crippen LogP contribution in [0.1, 0.15) is 25.0 Å². The second-order valence-electron chi connectivity index (χ2n) is 30.1. The summed E-state index contributed by atoms with van der Waals surface area (Å²) < 4.78 is 25.6. The fourth-order valence-electron chi connectivity index (χ4n) is 17.2. The summed E-state index contributed by atoms with van der Waals surface area (Å²) in [6.07, 6.45) is 0. The Bertz CT molecular complexity index is 7960. The Labute approximate surface area is 669 Å². The first kappa shape index (κ1) is 65.8. The molecule has 9 aromatic heterocycles. The zero-order valence-electron chi connectivity index (χ0n) is 62.0. The quantitative estimate of drug-likeness (QED) is 0.120. The van der Waals surface area contributed by atoms with Gasteiger partial charge in [0.15, 0.2) is 46.6 Å². The van der Waals surface area contributed by atoms with Crippen LogP contribution < -0.4 is 0 Å². The third kappa shape index (κ3) is 10.4. The van der Waals surface area contributed by atoms with Gasteiger partial charge in [0.2, 0.25) is 0 Å². The summed E-state index contributed by atoms with van der Waals surface area (Å²) in [5, 5.41) is 7.43. The van der Waals surface area contributed by atoms with E-state index in [4.69, 9.17) is 63.1 Å². The van der Waals surface area contributed by atoms with Gasteiger partial charge < -0.3 is 13.3 Å². The van der Waals surface area contributed by atoms with Crippen LogP contribution in [0.3, 0.4) is 0 Å². The second-order valence-corrected chi connectivity index (χ2v) is 32.2. The number of fused-ring (bicyclic) bond motifs is 18. The van der Waals surface area contributed by atoms with E-state index in [0.717, 1.165) is 151 Å². The molecule has 0 aliphatic heterocycles. The zero-order chi connectivity index (χ0) is 76.4. The van der Waals surface area contributed by atoms with Crippen molar-refractivity contribution < 1.29 is 13.3 Å². The topological polar surface area (TPSA) is 168 Å². The summed E-state index contributed by atoms with van der Waals surface area (Å²) in [6, 6.07) is 109. The van der Waals surface area contributed by atoms with Gasteiger partial charge in [-0.05, 0) is 112 Å². The lowest BCUT2D eigenvalue weighted by atomic mass is 9.82. The maximum atomic E-state index is 7.41. The minimum absolute atomic E-state index is 0.218. The van der Waals surface area contributed by atoms with Crippen LogP contribution in [0.25, 0.3) is 242 Å². The van der Waals surface area contributed by atoms with Gasteiger partial charge in [-0.25, -0.2) is 49.8 Å². The predicted molar refractivity (Wildman–Crippen MR) is 469 cm³/mol. The summed E-state index contributed by atoms with van der Waals surface area (Å²) in [5.74, 6) is 4.36. The van der Waals surface area contributed by atoms with Crippen LogP contribution in [0.4, 0.5) is 0 Å². The van der Waals surface area contributed by atoms with E-state index in [1.807, 2.05) is 146 Å². The molecule has 1 aliphatic carbocycles. The van der Waals surface area contributed by atoms with E-state index in [1.54, 1.807) is 22.7 Å². The lowest BCUT2D eigenvalue weighted by molar-refractivity contribution is 0.660. The lowest BCUT2D eigenvalue weighted by Crippen LogP contribution is -2.15. The number of nitrogens with zero attached hydrogens (tertiary/aromatic N) is 10. The molecule has 9 heterocycles. The molecule has 542 valence electrons. The highest BCUT2D eigenvalue weighted by Crippen LogP contribution is 2.52. The van der Waals surface area contributed by atoms with Gasteiger partial charge in [0.1, 0.15) is 33.5 Å². The summed E-state index contributed by atoms with van der Waals surface area (Å²) in [7, 11) is 0. The van der Waals surface area contributed by atoms with Crippen molar-refractivity contribution in [2.24, 2.45) is 0 Å². The Morgan fingerprint density at radius 2 is 0.655 bits per heavy atom. The van der Waals surface area contributed by atoms with Crippen LogP contribution in [-0.2, 0) is 5.41 Å².